The first kappa shape index (κ1) is 13.4. The van der Waals surface area contributed by atoms with Gasteiger partial charge in [-0.25, -0.2) is 0 Å². The average molecular weight is 264 g/mol. The molecule has 0 aromatic carbocycles. The van der Waals surface area contributed by atoms with Crippen LogP contribution in [0.4, 0.5) is 0 Å². The quantitative estimate of drug-likeness (QED) is 0.701. The number of rotatable bonds is 7. The van der Waals surface area contributed by atoms with Gasteiger partial charge in [0.25, 0.3) is 0 Å². The standard InChI is InChI=1S/C10H14ClNO3S/c11-9-3-2-8(16-9)6-12-5-7(13)1-4-10(14)15/h2-3,7,12-13H,1,4-6H2,(H,14,15). The number of carboxylic acid groups (broad SMARTS) is 1. The van der Waals surface area contributed by atoms with Gasteiger partial charge in [-0.1, -0.05) is 11.6 Å². The molecule has 0 aliphatic heterocycles. The van der Waals surface area contributed by atoms with Gasteiger partial charge in [0.2, 0.25) is 0 Å². The second-order valence-electron chi connectivity index (χ2n) is 3.42. The van der Waals surface area contributed by atoms with E-state index < -0.39 is 12.1 Å². The Hall–Kier alpha value is -0.620. The zero-order valence-electron chi connectivity index (χ0n) is 8.65. The third-order valence-corrected chi connectivity index (χ3v) is 3.23. The Kier molecular flexibility index (Phi) is 5.76. The van der Waals surface area contributed by atoms with Crippen LogP contribution in [0.1, 0.15) is 17.7 Å². The summed E-state index contributed by atoms with van der Waals surface area (Å²) < 4.78 is 0.739. The van der Waals surface area contributed by atoms with Crippen LogP contribution in [0.2, 0.25) is 4.34 Å². The number of thiophene rings is 1. The van der Waals surface area contributed by atoms with Crippen molar-refractivity contribution in [2.45, 2.75) is 25.5 Å². The molecule has 3 N–H and O–H groups in total. The molecule has 0 amide bonds. The number of carboxylic acids is 1. The van der Waals surface area contributed by atoms with E-state index in [0.29, 0.717) is 13.1 Å². The van der Waals surface area contributed by atoms with Gasteiger partial charge < -0.3 is 15.5 Å². The molecule has 0 bridgehead atoms. The lowest BCUT2D eigenvalue weighted by atomic mass is 10.2. The molecular formula is C10H14ClNO3S. The van der Waals surface area contributed by atoms with Crippen molar-refractivity contribution in [1.29, 1.82) is 0 Å². The van der Waals surface area contributed by atoms with E-state index in [-0.39, 0.29) is 12.8 Å². The van der Waals surface area contributed by atoms with Gasteiger partial charge in [-0.05, 0) is 18.6 Å². The molecule has 1 aromatic rings. The number of nitrogens with one attached hydrogen (secondary N) is 1. The molecule has 0 fully saturated rings. The van der Waals surface area contributed by atoms with Crippen molar-refractivity contribution in [3.8, 4) is 0 Å². The first-order valence-electron chi connectivity index (χ1n) is 4.92. The molecule has 1 aromatic heterocycles. The Morgan fingerprint density at radius 1 is 1.56 bits per heavy atom. The fourth-order valence-electron chi connectivity index (χ4n) is 1.20. The monoisotopic (exact) mass is 263 g/mol. The lowest BCUT2D eigenvalue weighted by molar-refractivity contribution is -0.137. The van der Waals surface area contributed by atoms with Gasteiger partial charge in [-0.3, -0.25) is 4.79 Å². The number of aliphatic hydroxyl groups excluding tert-OH is 1. The predicted octanol–water partition coefficient (Wildman–Crippen LogP) is 1.72. The summed E-state index contributed by atoms with van der Waals surface area (Å²) in [5, 5.41) is 20.9. The molecule has 0 saturated carbocycles. The van der Waals surface area contributed by atoms with Gasteiger partial charge in [0, 0.05) is 24.4 Å². The highest BCUT2D eigenvalue weighted by molar-refractivity contribution is 7.16. The smallest absolute Gasteiger partial charge is 0.303 e. The van der Waals surface area contributed by atoms with E-state index in [2.05, 4.69) is 5.32 Å². The number of aliphatic hydroxyl groups is 1. The number of halogens is 1. The number of aliphatic carboxylic acids is 1. The highest BCUT2D eigenvalue weighted by Crippen LogP contribution is 2.20. The second kappa shape index (κ2) is 6.85. The van der Waals surface area contributed by atoms with Crippen LogP contribution in [-0.2, 0) is 11.3 Å². The molecule has 0 saturated heterocycles. The first-order valence-corrected chi connectivity index (χ1v) is 6.12. The Morgan fingerprint density at radius 3 is 2.88 bits per heavy atom. The van der Waals surface area contributed by atoms with Crippen LogP contribution in [0.5, 0.6) is 0 Å². The molecule has 0 radical (unpaired) electrons. The maximum atomic E-state index is 10.3. The molecular weight excluding hydrogens is 250 g/mol. The van der Waals surface area contributed by atoms with Gasteiger partial charge in [0.1, 0.15) is 0 Å². The number of carbonyl (C=O) groups is 1. The molecule has 1 heterocycles. The minimum atomic E-state index is -0.885. The van der Waals surface area contributed by atoms with Crippen LogP contribution in [0.25, 0.3) is 0 Å². The lowest BCUT2D eigenvalue weighted by Crippen LogP contribution is -2.26. The van der Waals surface area contributed by atoms with E-state index in [0.717, 1.165) is 9.21 Å². The third kappa shape index (κ3) is 5.46. The SMILES string of the molecule is O=C(O)CCC(O)CNCc1ccc(Cl)s1. The van der Waals surface area contributed by atoms with Crippen LogP contribution < -0.4 is 5.32 Å². The van der Waals surface area contributed by atoms with E-state index in [1.54, 1.807) is 0 Å². The molecule has 0 aliphatic carbocycles. The van der Waals surface area contributed by atoms with Crippen molar-refractivity contribution in [3.05, 3.63) is 21.3 Å². The fraction of sp³-hybridized carbons (Fsp3) is 0.500. The van der Waals surface area contributed by atoms with E-state index in [1.807, 2.05) is 12.1 Å². The average Bonchev–Trinajstić information content (AvgIpc) is 2.61. The van der Waals surface area contributed by atoms with E-state index >= 15 is 0 Å². The van der Waals surface area contributed by atoms with E-state index in [9.17, 15) is 9.90 Å². The van der Waals surface area contributed by atoms with Crippen LogP contribution in [0, 0.1) is 0 Å². The van der Waals surface area contributed by atoms with Crippen LogP contribution in [0.15, 0.2) is 12.1 Å². The summed E-state index contributed by atoms with van der Waals surface area (Å²) in [6, 6.07) is 3.74. The summed E-state index contributed by atoms with van der Waals surface area (Å²) in [4.78, 5) is 11.4. The summed E-state index contributed by atoms with van der Waals surface area (Å²) in [5.74, 6) is -0.885. The van der Waals surface area contributed by atoms with Gasteiger partial charge in [0.15, 0.2) is 0 Å². The predicted molar refractivity (Wildman–Crippen MR) is 63.9 cm³/mol. The van der Waals surface area contributed by atoms with Crippen LogP contribution >= 0.6 is 22.9 Å². The van der Waals surface area contributed by atoms with Gasteiger partial charge in [-0.2, -0.15) is 0 Å². The Labute approximate surface area is 103 Å². The Balaban J connectivity index is 2.13. The summed E-state index contributed by atoms with van der Waals surface area (Å²) in [6.07, 6.45) is -0.354. The molecule has 4 nitrogen and oxygen atoms in total. The molecule has 6 heteroatoms. The van der Waals surface area contributed by atoms with Crippen molar-refractivity contribution in [3.63, 3.8) is 0 Å². The van der Waals surface area contributed by atoms with Crippen LogP contribution in [-0.4, -0.2) is 28.8 Å². The first-order chi connectivity index (χ1) is 7.58. The van der Waals surface area contributed by atoms with E-state index in [1.165, 1.54) is 11.3 Å². The summed E-state index contributed by atoms with van der Waals surface area (Å²) >= 11 is 7.25. The lowest BCUT2D eigenvalue weighted by Gasteiger charge is -2.09. The summed E-state index contributed by atoms with van der Waals surface area (Å²) in [7, 11) is 0. The van der Waals surface area contributed by atoms with Crippen molar-refractivity contribution in [2.75, 3.05) is 6.54 Å². The Bertz CT molecular complexity index is 343. The third-order valence-electron chi connectivity index (χ3n) is 2.00. The molecule has 1 rings (SSSR count). The van der Waals surface area contributed by atoms with Gasteiger partial charge in [-0.15, -0.1) is 11.3 Å². The van der Waals surface area contributed by atoms with E-state index in [4.69, 9.17) is 16.7 Å². The fourth-order valence-corrected chi connectivity index (χ4v) is 2.26. The molecule has 1 unspecified atom stereocenters. The largest absolute Gasteiger partial charge is 0.481 e. The zero-order valence-corrected chi connectivity index (χ0v) is 10.2. The van der Waals surface area contributed by atoms with Gasteiger partial charge >= 0.3 is 5.97 Å². The molecule has 16 heavy (non-hydrogen) atoms. The minimum Gasteiger partial charge on any atom is -0.481 e. The second-order valence-corrected chi connectivity index (χ2v) is 5.22. The zero-order chi connectivity index (χ0) is 12.0. The molecule has 0 spiro atoms. The number of hydrogen-bond donors (Lipinski definition) is 3. The molecule has 0 aliphatic rings. The van der Waals surface area contributed by atoms with Crippen molar-refractivity contribution in [2.24, 2.45) is 0 Å². The summed E-state index contributed by atoms with van der Waals surface area (Å²) in [5.41, 5.74) is 0. The molecule has 1 atom stereocenters. The van der Waals surface area contributed by atoms with Crippen LogP contribution in [0.3, 0.4) is 0 Å². The maximum absolute atomic E-state index is 10.3. The maximum Gasteiger partial charge on any atom is 0.303 e. The van der Waals surface area contributed by atoms with Crippen molar-refractivity contribution in [1.82, 2.24) is 5.32 Å². The highest BCUT2D eigenvalue weighted by atomic mass is 35.5. The highest BCUT2D eigenvalue weighted by Gasteiger charge is 2.06. The molecule has 90 valence electrons. The van der Waals surface area contributed by atoms with Crippen molar-refractivity contribution >= 4 is 28.9 Å². The Morgan fingerprint density at radius 2 is 2.31 bits per heavy atom. The van der Waals surface area contributed by atoms with Gasteiger partial charge in [0.05, 0.1) is 10.4 Å². The topological polar surface area (TPSA) is 69.6 Å². The number of hydrogen-bond acceptors (Lipinski definition) is 4. The van der Waals surface area contributed by atoms with Crippen molar-refractivity contribution < 1.29 is 15.0 Å². The summed E-state index contributed by atoms with van der Waals surface area (Å²) in [6.45, 7) is 1.03. The minimum absolute atomic E-state index is 0.00627. The normalized spacial score (nSPS) is 12.6.